The fourth-order valence-corrected chi connectivity index (χ4v) is 3.63. The third-order valence-electron chi connectivity index (χ3n) is 5.56. The number of imidazole rings is 1. The second-order valence-electron chi connectivity index (χ2n) is 8.88. The molecule has 0 aliphatic heterocycles. The Balaban J connectivity index is 2.03. The second kappa shape index (κ2) is 8.54. The summed E-state index contributed by atoms with van der Waals surface area (Å²) in [5.74, 6) is 0.414. The van der Waals surface area contributed by atoms with Crippen LogP contribution in [-0.4, -0.2) is 31.6 Å². The van der Waals surface area contributed by atoms with Gasteiger partial charge < -0.3 is 9.30 Å². The lowest BCUT2D eigenvalue weighted by Crippen LogP contribution is -2.40. The van der Waals surface area contributed by atoms with Gasteiger partial charge in [-0.1, -0.05) is 63.2 Å². The van der Waals surface area contributed by atoms with Crippen LogP contribution in [0.25, 0.3) is 16.9 Å². The fourth-order valence-electron chi connectivity index (χ4n) is 3.63. The van der Waals surface area contributed by atoms with Gasteiger partial charge in [-0.2, -0.15) is 0 Å². The molecule has 0 saturated heterocycles. The Hall–Kier alpha value is -3.94. The first-order valence-corrected chi connectivity index (χ1v) is 10.6. The summed E-state index contributed by atoms with van der Waals surface area (Å²) in [7, 11) is 1.52. The van der Waals surface area contributed by atoms with Gasteiger partial charge in [-0.15, -0.1) is 0 Å². The number of methoxy groups -OCH3 is 1. The molecule has 0 atom stereocenters. The van der Waals surface area contributed by atoms with Gasteiger partial charge in [0.2, 0.25) is 0 Å². The van der Waals surface area contributed by atoms with Gasteiger partial charge in [0, 0.05) is 5.41 Å². The predicted octanol–water partition coefficient (Wildman–Crippen LogP) is 3.02. The molecular formula is C25H26N4O4. The van der Waals surface area contributed by atoms with E-state index in [0.717, 1.165) is 5.56 Å². The zero-order chi connectivity index (χ0) is 23.8. The maximum Gasteiger partial charge on any atom is 0.337 e. The number of carbonyl (C=O) groups excluding carboxylic acids is 1. The van der Waals surface area contributed by atoms with Gasteiger partial charge in [0.05, 0.1) is 32.2 Å². The number of nitrogens with zero attached hydrogens (tertiary/aromatic N) is 4. The van der Waals surface area contributed by atoms with E-state index in [1.54, 1.807) is 24.3 Å². The number of ketones is 1. The molecule has 0 fully saturated rings. The second-order valence-corrected chi connectivity index (χ2v) is 8.88. The van der Waals surface area contributed by atoms with Crippen molar-refractivity contribution < 1.29 is 9.53 Å². The van der Waals surface area contributed by atoms with Gasteiger partial charge >= 0.3 is 5.69 Å². The van der Waals surface area contributed by atoms with Gasteiger partial charge in [0.15, 0.2) is 16.9 Å². The van der Waals surface area contributed by atoms with Crippen LogP contribution in [0.15, 0.2) is 70.5 Å². The molecule has 4 aromatic rings. The molecule has 0 N–H and O–H groups in total. The van der Waals surface area contributed by atoms with E-state index in [1.807, 2.05) is 51.1 Å². The Morgan fingerprint density at radius 3 is 2.33 bits per heavy atom. The average molecular weight is 447 g/mol. The first-order valence-electron chi connectivity index (χ1n) is 10.6. The fraction of sp³-hybridized carbons (Fsp3) is 0.280. The third kappa shape index (κ3) is 4.11. The van der Waals surface area contributed by atoms with Crippen LogP contribution in [0.5, 0.6) is 5.75 Å². The Morgan fingerprint density at radius 1 is 1.00 bits per heavy atom. The van der Waals surface area contributed by atoms with E-state index in [0.29, 0.717) is 11.4 Å². The lowest BCUT2D eigenvalue weighted by Gasteiger charge is -2.18. The summed E-state index contributed by atoms with van der Waals surface area (Å²) in [5.41, 5.74) is 0.0206. The molecule has 0 bridgehead atoms. The number of fused-ring (bicyclic) bond motifs is 1. The smallest absolute Gasteiger partial charge is 0.337 e. The summed E-state index contributed by atoms with van der Waals surface area (Å²) in [6.45, 7) is 5.54. The zero-order valence-electron chi connectivity index (χ0n) is 19.1. The number of aromatic nitrogens is 4. The lowest BCUT2D eigenvalue weighted by molar-refractivity contribution is -0.126. The highest BCUT2D eigenvalue weighted by molar-refractivity contribution is 5.85. The molecule has 0 unspecified atom stereocenters. The Bertz CT molecular complexity index is 1440. The monoisotopic (exact) mass is 446 g/mol. The summed E-state index contributed by atoms with van der Waals surface area (Å²) in [4.78, 5) is 44.3. The van der Waals surface area contributed by atoms with Gasteiger partial charge in [-0.3, -0.25) is 14.2 Å². The molecule has 170 valence electrons. The van der Waals surface area contributed by atoms with Crippen LogP contribution in [0.1, 0.15) is 26.3 Å². The van der Waals surface area contributed by atoms with Crippen LogP contribution >= 0.6 is 0 Å². The number of Topliss-reactive ketones (excluding diaryl/α,β-unsaturated/α-hetero) is 1. The van der Waals surface area contributed by atoms with Crippen molar-refractivity contribution in [1.82, 2.24) is 18.7 Å². The van der Waals surface area contributed by atoms with Crippen molar-refractivity contribution in [1.29, 1.82) is 0 Å². The van der Waals surface area contributed by atoms with Crippen molar-refractivity contribution >= 4 is 16.9 Å². The van der Waals surface area contributed by atoms with E-state index < -0.39 is 16.7 Å². The molecule has 2 heterocycles. The van der Waals surface area contributed by atoms with Crippen molar-refractivity contribution in [2.24, 2.45) is 5.41 Å². The van der Waals surface area contributed by atoms with Crippen LogP contribution < -0.4 is 16.0 Å². The van der Waals surface area contributed by atoms with E-state index in [2.05, 4.69) is 4.98 Å². The summed E-state index contributed by atoms with van der Waals surface area (Å²) in [5, 5.41) is 0. The minimum atomic E-state index is -0.587. The molecule has 0 aliphatic rings. The van der Waals surface area contributed by atoms with E-state index in [4.69, 9.17) is 4.74 Å². The highest BCUT2D eigenvalue weighted by Crippen LogP contribution is 2.24. The van der Waals surface area contributed by atoms with Gasteiger partial charge in [0.25, 0.3) is 5.56 Å². The molecule has 4 rings (SSSR count). The Morgan fingerprint density at radius 2 is 1.67 bits per heavy atom. The molecule has 0 saturated carbocycles. The molecular weight excluding hydrogens is 420 g/mol. The largest absolute Gasteiger partial charge is 0.495 e. The summed E-state index contributed by atoms with van der Waals surface area (Å²) in [6, 6.07) is 16.3. The first-order chi connectivity index (χ1) is 15.7. The molecule has 33 heavy (non-hydrogen) atoms. The van der Waals surface area contributed by atoms with Crippen molar-refractivity contribution in [3.8, 4) is 11.4 Å². The van der Waals surface area contributed by atoms with E-state index in [9.17, 15) is 14.4 Å². The minimum absolute atomic E-state index is 0.0231. The van der Waals surface area contributed by atoms with Crippen molar-refractivity contribution in [3.63, 3.8) is 0 Å². The SMILES string of the molecule is COc1ccccc1-n1c(=O)n(Cc2ccccc2)c(=O)c2c1ncn2CC(=O)C(C)(C)C. The van der Waals surface area contributed by atoms with Crippen LogP contribution in [0, 0.1) is 5.41 Å². The van der Waals surface area contributed by atoms with Crippen LogP contribution in [0.2, 0.25) is 0 Å². The number of benzene rings is 2. The zero-order valence-corrected chi connectivity index (χ0v) is 19.1. The molecule has 0 radical (unpaired) electrons. The Kier molecular flexibility index (Phi) is 5.76. The number of para-hydroxylation sites is 2. The van der Waals surface area contributed by atoms with Crippen LogP contribution in [-0.2, 0) is 17.9 Å². The molecule has 8 nitrogen and oxygen atoms in total. The molecule has 0 amide bonds. The van der Waals surface area contributed by atoms with E-state index >= 15 is 0 Å². The summed E-state index contributed by atoms with van der Waals surface area (Å²) >= 11 is 0. The van der Waals surface area contributed by atoms with Crippen LogP contribution in [0.3, 0.4) is 0 Å². The van der Waals surface area contributed by atoms with Gasteiger partial charge in [-0.05, 0) is 17.7 Å². The number of ether oxygens (including phenoxy) is 1. The lowest BCUT2D eigenvalue weighted by atomic mass is 9.91. The number of hydrogen-bond donors (Lipinski definition) is 0. The number of carbonyl (C=O) groups is 1. The van der Waals surface area contributed by atoms with Crippen molar-refractivity contribution in [2.45, 2.75) is 33.9 Å². The standard InChI is InChI=1S/C25H26N4O4/c1-25(2,3)20(30)15-27-16-26-22-21(27)23(31)28(14-17-10-6-5-7-11-17)24(32)29(22)18-12-8-9-13-19(18)33-4/h5-13,16H,14-15H2,1-4H3. The molecule has 2 aromatic carbocycles. The molecule has 0 spiro atoms. The Labute approximate surface area is 190 Å². The van der Waals surface area contributed by atoms with E-state index in [1.165, 1.54) is 27.1 Å². The number of rotatable bonds is 6. The maximum absolute atomic E-state index is 13.6. The van der Waals surface area contributed by atoms with Crippen molar-refractivity contribution in [2.75, 3.05) is 7.11 Å². The normalized spacial score (nSPS) is 11.6. The highest BCUT2D eigenvalue weighted by Gasteiger charge is 2.25. The average Bonchev–Trinajstić information content (AvgIpc) is 3.20. The third-order valence-corrected chi connectivity index (χ3v) is 5.56. The van der Waals surface area contributed by atoms with Crippen molar-refractivity contribution in [3.05, 3.63) is 87.3 Å². The summed E-state index contributed by atoms with van der Waals surface area (Å²) < 4.78 is 9.54. The topological polar surface area (TPSA) is 88.1 Å². The van der Waals surface area contributed by atoms with Gasteiger partial charge in [0.1, 0.15) is 5.75 Å². The number of hydrogen-bond acceptors (Lipinski definition) is 5. The first kappa shape index (κ1) is 22.3. The molecule has 2 aromatic heterocycles. The summed E-state index contributed by atoms with van der Waals surface area (Å²) in [6.07, 6.45) is 1.44. The van der Waals surface area contributed by atoms with E-state index in [-0.39, 0.29) is 30.0 Å². The predicted molar refractivity (Wildman–Crippen MR) is 126 cm³/mol. The van der Waals surface area contributed by atoms with Crippen LogP contribution in [0.4, 0.5) is 0 Å². The molecule has 0 aliphatic carbocycles. The maximum atomic E-state index is 13.6. The highest BCUT2D eigenvalue weighted by atomic mass is 16.5. The van der Waals surface area contributed by atoms with Gasteiger partial charge in [-0.25, -0.2) is 14.3 Å². The quantitative estimate of drug-likeness (QED) is 0.454. The molecule has 8 heteroatoms. The minimum Gasteiger partial charge on any atom is -0.495 e.